The molecule has 0 saturated carbocycles. The standard InChI is InChI=1S/C14H16ClN4/c1-18(2)12-4-5-14(13(15)10-12)17-16-11-6-8-19(3)9-7-11/h4-6,9-10H,8H2,1-3H3/q+1. The van der Waals surface area contributed by atoms with Crippen molar-refractivity contribution >= 4 is 23.0 Å². The number of hydrogen-bond acceptors (Lipinski definition) is 4. The summed E-state index contributed by atoms with van der Waals surface area (Å²) in [4.78, 5) is 4.00. The maximum Gasteiger partial charge on any atom is 0.304 e. The Morgan fingerprint density at radius 2 is 2.11 bits per heavy atom. The minimum absolute atomic E-state index is 0.590. The van der Waals surface area contributed by atoms with Crippen LogP contribution in [0.5, 0.6) is 0 Å². The smallest absolute Gasteiger partial charge is 0.304 e. The van der Waals surface area contributed by atoms with Crippen LogP contribution in [0.4, 0.5) is 11.4 Å². The van der Waals surface area contributed by atoms with Gasteiger partial charge >= 0.3 is 5.70 Å². The molecule has 0 amide bonds. The van der Waals surface area contributed by atoms with Crippen LogP contribution >= 0.6 is 11.6 Å². The Kier molecular flexibility index (Phi) is 4.15. The Bertz CT molecular complexity index is 546. The van der Waals surface area contributed by atoms with Crippen molar-refractivity contribution in [1.82, 2.24) is 4.90 Å². The van der Waals surface area contributed by atoms with E-state index in [1.54, 1.807) is 0 Å². The minimum atomic E-state index is 0.590. The Morgan fingerprint density at radius 3 is 2.68 bits per heavy atom. The van der Waals surface area contributed by atoms with Crippen molar-refractivity contribution in [3.63, 3.8) is 0 Å². The van der Waals surface area contributed by atoms with E-state index in [4.69, 9.17) is 11.6 Å². The molecule has 2 rings (SSSR count). The Balaban J connectivity index is 2.13. The molecule has 1 aliphatic rings. The molecule has 0 atom stereocenters. The second kappa shape index (κ2) is 5.83. The summed E-state index contributed by atoms with van der Waals surface area (Å²) in [5.41, 5.74) is 2.42. The normalized spacial score (nSPS) is 14.5. The van der Waals surface area contributed by atoms with Gasteiger partial charge in [0.2, 0.25) is 0 Å². The Labute approximate surface area is 118 Å². The van der Waals surface area contributed by atoms with Crippen molar-refractivity contribution in [2.45, 2.75) is 0 Å². The molecule has 5 heteroatoms. The number of likely N-dealkylation sites (N-methyl/N-ethyl adjacent to an activating group) is 1. The first-order valence-corrected chi connectivity index (χ1v) is 6.33. The molecule has 98 valence electrons. The molecule has 0 aromatic heterocycles. The summed E-state index contributed by atoms with van der Waals surface area (Å²) < 4.78 is 0. The van der Waals surface area contributed by atoms with Gasteiger partial charge < -0.3 is 9.80 Å². The van der Waals surface area contributed by atoms with Crippen LogP contribution in [0.3, 0.4) is 0 Å². The SMILES string of the molecule is CN1C=[C+]C(N=Nc2ccc(N(C)C)cc2Cl)=CC1. The average Bonchev–Trinajstić information content (AvgIpc) is 2.39. The first kappa shape index (κ1) is 13.5. The highest BCUT2D eigenvalue weighted by atomic mass is 35.5. The lowest BCUT2D eigenvalue weighted by atomic mass is 10.2. The van der Waals surface area contributed by atoms with Crippen LogP contribution in [0.25, 0.3) is 0 Å². The highest BCUT2D eigenvalue weighted by Crippen LogP contribution is 2.29. The molecule has 0 N–H and O–H groups in total. The number of nitrogens with zero attached hydrogens (tertiary/aromatic N) is 4. The maximum atomic E-state index is 6.18. The van der Waals surface area contributed by atoms with Crippen molar-refractivity contribution in [2.75, 3.05) is 32.6 Å². The van der Waals surface area contributed by atoms with Crippen LogP contribution in [0.15, 0.2) is 46.4 Å². The third-order valence-corrected chi connectivity index (χ3v) is 3.02. The fourth-order valence-electron chi connectivity index (χ4n) is 1.55. The van der Waals surface area contributed by atoms with E-state index in [1.165, 1.54) is 0 Å². The predicted octanol–water partition coefficient (Wildman–Crippen LogP) is 3.64. The van der Waals surface area contributed by atoms with Crippen LogP contribution in [0.2, 0.25) is 5.02 Å². The molecule has 1 aromatic carbocycles. The second-order valence-corrected chi connectivity index (χ2v) is 4.94. The van der Waals surface area contributed by atoms with Crippen molar-refractivity contribution in [1.29, 1.82) is 0 Å². The molecule has 0 fully saturated rings. The zero-order valence-corrected chi connectivity index (χ0v) is 12.0. The lowest BCUT2D eigenvalue weighted by molar-refractivity contribution is 0.499. The van der Waals surface area contributed by atoms with Gasteiger partial charge in [0.05, 0.1) is 11.1 Å². The molecule has 0 spiro atoms. The summed E-state index contributed by atoms with van der Waals surface area (Å²) in [7, 11) is 5.92. The van der Waals surface area contributed by atoms with E-state index in [2.05, 4.69) is 16.3 Å². The zero-order valence-electron chi connectivity index (χ0n) is 11.3. The largest absolute Gasteiger partial charge is 0.378 e. The molecule has 0 unspecified atom stereocenters. The van der Waals surface area contributed by atoms with E-state index in [0.717, 1.165) is 17.9 Å². The third-order valence-electron chi connectivity index (χ3n) is 2.72. The van der Waals surface area contributed by atoms with Crippen LogP contribution in [-0.4, -0.2) is 32.6 Å². The van der Waals surface area contributed by atoms with Gasteiger partial charge in [-0.25, -0.2) is 0 Å². The summed E-state index contributed by atoms with van der Waals surface area (Å²) in [6.45, 7) is 0.814. The van der Waals surface area contributed by atoms with Gasteiger partial charge in [-0.05, 0) is 18.2 Å². The Hall–Kier alpha value is -1.90. The minimum Gasteiger partial charge on any atom is -0.378 e. The molecule has 1 heterocycles. The van der Waals surface area contributed by atoms with E-state index >= 15 is 0 Å². The van der Waals surface area contributed by atoms with E-state index in [1.807, 2.05) is 61.4 Å². The van der Waals surface area contributed by atoms with Gasteiger partial charge in [-0.1, -0.05) is 16.7 Å². The molecule has 1 aromatic rings. The molecular weight excluding hydrogens is 260 g/mol. The lowest BCUT2D eigenvalue weighted by Crippen LogP contribution is -2.13. The molecule has 0 bridgehead atoms. The summed E-state index contributed by atoms with van der Waals surface area (Å²) in [6, 6.07) is 5.70. The van der Waals surface area contributed by atoms with E-state index < -0.39 is 0 Å². The Morgan fingerprint density at radius 1 is 1.32 bits per heavy atom. The number of halogens is 1. The summed E-state index contributed by atoms with van der Waals surface area (Å²) in [5, 5.41) is 8.89. The summed E-state index contributed by atoms with van der Waals surface area (Å²) in [6.07, 6.45) is 6.85. The maximum absolute atomic E-state index is 6.18. The van der Waals surface area contributed by atoms with Crippen molar-refractivity contribution in [3.05, 3.63) is 47.3 Å². The average molecular weight is 276 g/mol. The third kappa shape index (κ3) is 3.53. The van der Waals surface area contributed by atoms with Gasteiger partial charge in [0.25, 0.3) is 0 Å². The van der Waals surface area contributed by atoms with E-state index in [9.17, 15) is 0 Å². The number of hydrogen-bond donors (Lipinski definition) is 0. The molecule has 4 nitrogen and oxygen atoms in total. The van der Waals surface area contributed by atoms with Gasteiger partial charge in [0.1, 0.15) is 18.3 Å². The topological polar surface area (TPSA) is 31.2 Å². The molecule has 0 radical (unpaired) electrons. The van der Waals surface area contributed by atoms with Crippen molar-refractivity contribution in [3.8, 4) is 0 Å². The first-order chi connectivity index (χ1) is 9.06. The fraction of sp³-hybridized carbons (Fsp3) is 0.286. The van der Waals surface area contributed by atoms with Gasteiger partial charge in [-0.15, -0.1) is 5.11 Å². The summed E-state index contributed by atoms with van der Waals surface area (Å²) >= 11 is 6.18. The number of benzene rings is 1. The molecule has 19 heavy (non-hydrogen) atoms. The monoisotopic (exact) mass is 275 g/mol. The van der Waals surface area contributed by atoms with Crippen molar-refractivity contribution < 1.29 is 0 Å². The number of rotatable bonds is 3. The summed E-state index contributed by atoms with van der Waals surface area (Å²) in [5.74, 6) is 0. The lowest BCUT2D eigenvalue weighted by Gasteiger charge is -2.12. The molecular formula is C14H16ClN4+. The first-order valence-electron chi connectivity index (χ1n) is 5.95. The molecule has 0 saturated heterocycles. The quantitative estimate of drug-likeness (QED) is 0.623. The number of allylic oxidation sites excluding steroid dienone is 1. The number of anilines is 1. The molecule has 1 aliphatic heterocycles. The van der Waals surface area contributed by atoms with E-state index in [-0.39, 0.29) is 0 Å². The van der Waals surface area contributed by atoms with Gasteiger partial charge in [0.15, 0.2) is 6.20 Å². The van der Waals surface area contributed by atoms with Crippen molar-refractivity contribution in [2.24, 2.45) is 10.2 Å². The number of azo groups is 1. The zero-order chi connectivity index (χ0) is 13.8. The van der Waals surface area contributed by atoms with Gasteiger partial charge in [-0.2, -0.15) is 0 Å². The fourth-order valence-corrected chi connectivity index (χ4v) is 1.76. The van der Waals surface area contributed by atoms with Crippen LogP contribution < -0.4 is 4.90 Å². The second-order valence-electron chi connectivity index (χ2n) is 4.53. The van der Waals surface area contributed by atoms with Gasteiger partial charge in [-0.3, -0.25) is 0 Å². The van der Waals surface area contributed by atoms with Crippen LogP contribution in [-0.2, 0) is 0 Å². The predicted molar refractivity (Wildman–Crippen MR) is 78.8 cm³/mol. The molecule has 0 aliphatic carbocycles. The highest BCUT2D eigenvalue weighted by molar-refractivity contribution is 6.33. The van der Waals surface area contributed by atoms with Gasteiger partial charge in [0, 0.05) is 26.8 Å². The van der Waals surface area contributed by atoms with Crippen LogP contribution in [0, 0.1) is 6.08 Å². The van der Waals surface area contributed by atoms with Crippen LogP contribution in [0.1, 0.15) is 0 Å². The highest BCUT2D eigenvalue weighted by Gasteiger charge is 2.11. The van der Waals surface area contributed by atoms with E-state index in [0.29, 0.717) is 10.7 Å².